The monoisotopic (exact) mass is 843 g/mol. The minimum Gasteiger partial charge on any atom is -0.497 e. The molecule has 1 aliphatic heterocycles. The quantitative estimate of drug-likeness (QED) is 0.128. The summed E-state index contributed by atoms with van der Waals surface area (Å²) in [6.07, 6.45) is 1.92. The van der Waals surface area contributed by atoms with Gasteiger partial charge >= 0.3 is 6.09 Å². The average Bonchev–Trinajstić information content (AvgIpc) is 4.12. The van der Waals surface area contributed by atoms with Gasteiger partial charge in [0.1, 0.15) is 40.8 Å². The number of likely N-dealkylation sites (tertiary alicyclic amines) is 1. The smallest absolute Gasteiger partial charge is 0.408 e. The van der Waals surface area contributed by atoms with E-state index in [2.05, 4.69) is 21.9 Å². The van der Waals surface area contributed by atoms with E-state index >= 15 is 0 Å². The van der Waals surface area contributed by atoms with Gasteiger partial charge in [-0.1, -0.05) is 42.0 Å². The zero-order valence-corrected chi connectivity index (χ0v) is 35.6. The molecular formula is C44H53N5O10S. The third kappa shape index (κ3) is 10.3. The third-order valence-corrected chi connectivity index (χ3v) is 12.4. The molecular weight excluding hydrogens is 791 g/mol. The van der Waals surface area contributed by atoms with E-state index in [9.17, 15) is 32.4 Å². The predicted octanol–water partition coefficient (Wildman–Crippen LogP) is 5.14. The highest BCUT2D eigenvalue weighted by Crippen LogP contribution is 2.45. The van der Waals surface area contributed by atoms with Gasteiger partial charge in [0.25, 0.3) is 5.91 Å². The molecule has 2 aromatic carbocycles. The molecule has 1 saturated heterocycles. The number of nitrogens with zero attached hydrogens (tertiary/aromatic N) is 2. The number of aromatic nitrogens is 1. The summed E-state index contributed by atoms with van der Waals surface area (Å²) in [7, 11) is -2.40. The maximum atomic E-state index is 14.7. The number of amides is 4. The summed E-state index contributed by atoms with van der Waals surface area (Å²) in [5.41, 5.74) is 0.232. The molecule has 2 aliphatic carbocycles. The van der Waals surface area contributed by atoms with Gasteiger partial charge in [-0.15, -0.1) is 6.58 Å². The topological polar surface area (TPSA) is 199 Å². The molecule has 15 nitrogen and oxygen atoms in total. The molecule has 320 valence electrons. The van der Waals surface area contributed by atoms with Crippen LogP contribution in [0.25, 0.3) is 22.2 Å². The first-order valence-electron chi connectivity index (χ1n) is 20.0. The van der Waals surface area contributed by atoms with Crippen molar-refractivity contribution in [3.05, 3.63) is 78.9 Å². The Morgan fingerprint density at radius 3 is 2.38 bits per heavy atom. The second-order valence-electron chi connectivity index (χ2n) is 16.8. The van der Waals surface area contributed by atoms with Crippen molar-refractivity contribution < 1.29 is 46.6 Å². The van der Waals surface area contributed by atoms with Gasteiger partial charge in [0, 0.05) is 41.8 Å². The minimum atomic E-state index is -3.95. The fourth-order valence-corrected chi connectivity index (χ4v) is 8.68. The van der Waals surface area contributed by atoms with Crippen molar-refractivity contribution in [2.75, 3.05) is 13.7 Å². The minimum absolute atomic E-state index is 0.0507. The summed E-state index contributed by atoms with van der Waals surface area (Å²) in [6, 6.07) is 14.1. The van der Waals surface area contributed by atoms with Gasteiger partial charge in [0.2, 0.25) is 21.8 Å². The molecule has 0 bridgehead atoms. The van der Waals surface area contributed by atoms with Gasteiger partial charge < -0.3 is 29.7 Å². The third-order valence-electron chi connectivity index (χ3n) is 10.6. The van der Waals surface area contributed by atoms with Crippen LogP contribution in [0, 0.1) is 5.92 Å². The first-order valence-corrected chi connectivity index (χ1v) is 21.6. The van der Waals surface area contributed by atoms with E-state index in [1.54, 1.807) is 66.0 Å². The lowest BCUT2D eigenvalue weighted by Gasteiger charge is -2.30. The van der Waals surface area contributed by atoms with E-state index < -0.39 is 74.3 Å². The Bertz CT molecular complexity index is 2320. The Hall–Kier alpha value is -5.77. The van der Waals surface area contributed by atoms with Crippen molar-refractivity contribution in [2.45, 2.75) is 108 Å². The number of fused-ring (bicyclic) bond motifs is 1. The number of rotatable bonds is 16. The van der Waals surface area contributed by atoms with Crippen LogP contribution in [0.15, 0.2) is 78.9 Å². The van der Waals surface area contributed by atoms with Crippen LogP contribution in [0.3, 0.4) is 0 Å². The van der Waals surface area contributed by atoms with Crippen LogP contribution in [-0.4, -0.2) is 96.1 Å². The first-order chi connectivity index (χ1) is 28.3. The van der Waals surface area contributed by atoms with Crippen molar-refractivity contribution in [1.82, 2.24) is 25.2 Å². The summed E-state index contributed by atoms with van der Waals surface area (Å²) in [5, 5.41) is 5.36. The largest absolute Gasteiger partial charge is 0.497 e. The van der Waals surface area contributed by atoms with Crippen LogP contribution in [0.4, 0.5) is 4.79 Å². The number of ether oxygens (including phenoxy) is 3. The molecule has 3 aliphatic rings. The van der Waals surface area contributed by atoms with E-state index in [0.29, 0.717) is 40.9 Å². The number of hydrogen-bond acceptors (Lipinski definition) is 11. The molecule has 5 unspecified atom stereocenters. The van der Waals surface area contributed by atoms with Crippen molar-refractivity contribution in [2.24, 2.45) is 5.92 Å². The van der Waals surface area contributed by atoms with E-state index in [-0.39, 0.29) is 38.0 Å². The molecule has 60 heavy (non-hydrogen) atoms. The van der Waals surface area contributed by atoms with Gasteiger partial charge in [0.05, 0.1) is 30.1 Å². The van der Waals surface area contributed by atoms with Crippen LogP contribution < -0.4 is 24.8 Å². The van der Waals surface area contributed by atoms with E-state index in [1.165, 1.54) is 17.1 Å². The van der Waals surface area contributed by atoms with Crippen LogP contribution in [-0.2, 0) is 33.9 Å². The highest BCUT2D eigenvalue weighted by atomic mass is 32.2. The summed E-state index contributed by atoms with van der Waals surface area (Å²) in [6.45, 7) is 12.2. The molecule has 3 fully saturated rings. The number of ketones is 1. The maximum absolute atomic E-state index is 14.7. The number of carbonyl (C=O) groups is 5. The lowest BCUT2D eigenvalue weighted by molar-refractivity contribution is -0.141. The Morgan fingerprint density at radius 2 is 1.77 bits per heavy atom. The molecule has 4 amide bonds. The molecule has 2 heterocycles. The maximum Gasteiger partial charge on any atom is 0.408 e. The normalized spacial score (nSPS) is 21.6. The van der Waals surface area contributed by atoms with Gasteiger partial charge in [0.15, 0.2) is 5.78 Å². The summed E-state index contributed by atoms with van der Waals surface area (Å²) < 4.78 is 45.4. The number of hydrogen-bond donors (Lipinski definition) is 3. The zero-order valence-electron chi connectivity index (χ0n) is 34.8. The summed E-state index contributed by atoms with van der Waals surface area (Å²) >= 11 is 0. The summed E-state index contributed by atoms with van der Waals surface area (Å²) in [5.74, 6) is -2.14. The second kappa shape index (κ2) is 17.4. The Balaban J connectivity index is 1.35. The van der Waals surface area contributed by atoms with Gasteiger partial charge in [-0.25, -0.2) is 18.2 Å². The van der Waals surface area contributed by atoms with Crippen LogP contribution >= 0.6 is 0 Å². The number of pyridine rings is 1. The number of sulfonamides is 1. The molecule has 3 N–H and O–H groups in total. The molecule has 2 saturated carbocycles. The van der Waals surface area contributed by atoms with Gasteiger partial charge in [-0.3, -0.25) is 23.9 Å². The number of methoxy groups -OCH3 is 1. The number of alkyl carbamates (subject to hydrolysis) is 1. The average molecular weight is 844 g/mol. The summed E-state index contributed by atoms with van der Waals surface area (Å²) in [4.78, 5) is 75.0. The van der Waals surface area contributed by atoms with Crippen molar-refractivity contribution in [1.29, 1.82) is 0 Å². The van der Waals surface area contributed by atoms with E-state index in [1.807, 2.05) is 30.3 Å². The van der Waals surface area contributed by atoms with Gasteiger partial charge in [-0.2, -0.15) is 0 Å². The molecule has 16 heteroatoms. The molecule has 0 spiro atoms. The highest BCUT2D eigenvalue weighted by molar-refractivity contribution is 7.91. The molecule has 5 atom stereocenters. The number of benzene rings is 2. The fourth-order valence-electron chi connectivity index (χ4n) is 7.32. The Morgan fingerprint density at radius 1 is 1.05 bits per heavy atom. The Labute approximate surface area is 350 Å². The SMILES string of the molecule is C=CC1CC1(NC(=O)C1CC(Oc2cc(-c3ccccc3)nc3cc(OC)ccc23)CN1C(=O)C(CCC(=O)C=C(C)C)NC(=O)OC(C)(C)C)C(=O)NS(=O)(=O)C1CC1. The van der Waals surface area contributed by atoms with Gasteiger partial charge in [-0.05, 0) is 78.5 Å². The van der Waals surface area contributed by atoms with Crippen molar-refractivity contribution >= 4 is 50.5 Å². The zero-order chi connectivity index (χ0) is 43.6. The molecule has 3 aromatic rings. The second-order valence-corrected chi connectivity index (χ2v) is 18.8. The van der Waals surface area contributed by atoms with Crippen LogP contribution in [0.5, 0.6) is 11.5 Å². The lowest BCUT2D eigenvalue weighted by Crippen LogP contribution is -2.58. The molecule has 6 rings (SSSR count). The Kier molecular flexibility index (Phi) is 12.7. The number of nitrogens with one attached hydrogen (secondary N) is 3. The standard InChI is InChI=1S/C44H53N5O10S/c1-8-28-24-44(28,41(53)48-60(55,56)32-16-17-32)47-39(51)37-22-31(25-49(37)40(52)34(19-14-29(50)20-26(2)3)46-42(54)59-43(4,5)6)58-38-23-35(27-12-10-9-11-13-27)45-36-21-30(57-7)15-18-33(36)38/h8-13,15,18,20-21,23,28,31-32,34,37H,1,14,16-17,19,22,24-25H2,2-7H3,(H,46,54)(H,47,51)(H,48,53). The predicted molar refractivity (Wildman–Crippen MR) is 224 cm³/mol. The number of allylic oxidation sites excluding steroid dienone is 2. The van der Waals surface area contributed by atoms with Crippen LogP contribution in [0.1, 0.15) is 73.1 Å². The van der Waals surface area contributed by atoms with Crippen molar-refractivity contribution in [3.8, 4) is 22.8 Å². The lowest BCUT2D eigenvalue weighted by atomic mass is 10.1. The fraction of sp³-hybridized carbons (Fsp3) is 0.455. The number of carbonyl (C=O) groups excluding carboxylic acids is 5. The molecule has 1 aromatic heterocycles. The highest BCUT2D eigenvalue weighted by Gasteiger charge is 2.62. The molecule has 0 radical (unpaired) electrons. The van der Waals surface area contributed by atoms with E-state index in [0.717, 1.165) is 11.1 Å². The van der Waals surface area contributed by atoms with Crippen LogP contribution in [0.2, 0.25) is 0 Å². The first kappa shape index (κ1) is 43.8. The van der Waals surface area contributed by atoms with E-state index in [4.69, 9.17) is 19.2 Å². The van der Waals surface area contributed by atoms with Crippen molar-refractivity contribution in [3.63, 3.8) is 0 Å².